The van der Waals surface area contributed by atoms with Crippen molar-refractivity contribution in [1.29, 1.82) is 0 Å². The van der Waals surface area contributed by atoms with Crippen LogP contribution >= 0.6 is 0 Å². The summed E-state index contributed by atoms with van der Waals surface area (Å²) in [5.41, 5.74) is 1.03. The van der Waals surface area contributed by atoms with Crippen molar-refractivity contribution >= 4 is 34.6 Å². The Hall–Kier alpha value is -3.86. The summed E-state index contributed by atoms with van der Waals surface area (Å²) in [5, 5.41) is 6.16. The van der Waals surface area contributed by atoms with Crippen molar-refractivity contribution in [2.45, 2.75) is 6.18 Å². The molecule has 11 heteroatoms. The molecule has 8 nitrogen and oxygen atoms in total. The lowest BCUT2D eigenvalue weighted by molar-refractivity contribution is -0.137. The first-order valence-corrected chi connectivity index (χ1v) is 10.3. The van der Waals surface area contributed by atoms with Gasteiger partial charge in [-0.2, -0.15) is 23.1 Å². The molecule has 0 amide bonds. The van der Waals surface area contributed by atoms with Gasteiger partial charge in [-0.25, -0.2) is 4.98 Å². The van der Waals surface area contributed by atoms with E-state index >= 15 is 0 Å². The first-order chi connectivity index (χ1) is 15.9. The molecular formula is C22H20F3N7O. The number of hydrogen-bond acceptors (Lipinski definition) is 7. The topological polar surface area (TPSA) is 79.6 Å². The van der Waals surface area contributed by atoms with Gasteiger partial charge in [-0.05, 0) is 24.3 Å². The van der Waals surface area contributed by atoms with Gasteiger partial charge in [0.2, 0.25) is 5.95 Å². The summed E-state index contributed by atoms with van der Waals surface area (Å²) < 4.78 is 46.6. The van der Waals surface area contributed by atoms with Crippen molar-refractivity contribution < 1.29 is 17.9 Å². The van der Waals surface area contributed by atoms with E-state index in [2.05, 4.69) is 25.6 Å². The first kappa shape index (κ1) is 21.0. The van der Waals surface area contributed by atoms with Crippen LogP contribution in [0.3, 0.4) is 0 Å². The Balaban J connectivity index is 1.47. The van der Waals surface area contributed by atoms with Crippen LogP contribution in [0.4, 0.5) is 42.1 Å². The Labute approximate surface area is 187 Å². The number of fused-ring (bicyclic) bond motifs is 1. The van der Waals surface area contributed by atoms with E-state index in [1.54, 1.807) is 18.3 Å². The van der Waals surface area contributed by atoms with Gasteiger partial charge in [-0.3, -0.25) is 0 Å². The standard InChI is InChI=1S/C22H20F3N7O/c23-22(24,25)15-2-1-3-16(12-15)28-21-29-18(14-20(30-21)32-8-10-33-11-9-32)27-17-4-6-31-7-5-26-19(31)13-17/h1-7,12-14H,8-11H2,(H2,27,28,29,30). The molecule has 4 aromatic rings. The number of morpholine rings is 1. The van der Waals surface area contributed by atoms with Crippen LogP contribution in [0.2, 0.25) is 0 Å². The molecular weight excluding hydrogens is 435 g/mol. The zero-order chi connectivity index (χ0) is 22.8. The van der Waals surface area contributed by atoms with Crippen LogP contribution in [0.25, 0.3) is 5.65 Å². The van der Waals surface area contributed by atoms with Crippen molar-refractivity contribution in [2.75, 3.05) is 41.8 Å². The van der Waals surface area contributed by atoms with Gasteiger partial charge < -0.3 is 24.7 Å². The maximum absolute atomic E-state index is 13.1. The number of aromatic nitrogens is 4. The molecule has 0 spiro atoms. The highest BCUT2D eigenvalue weighted by molar-refractivity contribution is 5.66. The van der Waals surface area contributed by atoms with Crippen LogP contribution in [0.5, 0.6) is 0 Å². The number of ether oxygens (including phenoxy) is 1. The van der Waals surface area contributed by atoms with Crippen LogP contribution in [0, 0.1) is 0 Å². The number of anilines is 5. The number of rotatable bonds is 5. The van der Waals surface area contributed by atoms with Gasteiger partial charge in [-0.1, -0.05) is 6.07 Å². The van der Waals surface area contributed by atoms with E-state index in [-0.39, 0.29) is 11.6 Å². The van der Waals surface area contributed by atoms with Crippen molar-refractivity contribution in [3.63, 3.8) is 0 Å². The van der Waals surface area contributed by atoms with Crippen LogP contribution in [-0.4, -0.2) is 45.7 Å². The van der Waals surface area contributed by atoms with E-state index in [0.717, 1.165) is 23.5 Å². The largest absolute Gasteiger partial charge is 0.416 e. The van der Waals surface area contributed by atoms with Crippen LogP contribution in [0.1, 0.15) is 5.56 Å². The molecule has 33 heavy (non-hydrogen) atoms. The van der Waals surface area contributed by atoms with Gasteiger partial charge in [0.1, 0.15) is 17.3 Å². The molecule has 1 aliphatic heterocycles. The molecule has 0 unspecified atom stereocenters. The number of hydrogen-bond donors (Lipinski definition) is 2. The Morgan fingerprint density at radius 1 is 0.909 bits per heavy atom. The van der Waals surface area contributed by atoms with Gasteiger partial charge in [-0.15, -0.1) is 0 Å². The lowest BCUT2D eigenvalue weighted by atomic mass is 10.2. The summed E-state index contributed by atoms with van der Waals surface area (Å²) in [6.45, 7) is 2.44. The van der Waals surface area contributed by atoms with Crippen molar-refractivity contribution in [3.05, 3.63) is 66.6 Å². The molecule has 0 saturated carbocycles. The summed E-state index contributed by atoms with van der Waals surface area (Å²) in [6.07, 6.45) is 0.984. The fourth-order valence-electron chi connectivity index (χ4n) is 3.55. The minimum Gasteiger partial charge on any atom is -0.378 e. The molecule has 1 fully saturated rings. The zero-order valence-corrected chi connectivity index (χ0v) is 17.4. The molecule has 0 bridgehead atoms. The van der Waals surface area contributed by atoms with Gasteiger partial charge in [0, 0.05) is 55.2 Å². The molecule has 3 aromatic heterocycles. The maximum atomic E-state index is 13.1. The average molecular weight is 455 g/mol. The zero-order valence-electron chi connectivity index (χ0n) is 17.4. The smallest absolute Gasteiger partial charge is 0.378 e. The number of pyridine rings is 1. The minimum absolute atomic E-state index is 0.183. The minimum atomic E-state index is -4.44. The third-order valence-corrected chi connectivity index (χ3v) is 5.16. The molecule has 1 saturated heterocycles. The number of halogens is 3. The summed E-state index contributed by atoms with van der Waals surface area (Å²) in [5.74, 6) is 1.33. The molecule has 0 radical (unpaired) electrons. The molecule has 1 aliphatic rings. The Bertz CT molecular complexity index is 1270. The van der Waals surface area contributed by atoms with Crippen molar-refractivity contribution in [2.24, 2.45) is 0 Å². The monoisotopic (exact) mass is 455 g/mol. The molecule has 1 aromatic carbocycles. The lowest BCUT2D eigenvalue weighted by Gasteiger charge is -2.28. The van der Waals surface area contributed by atoms with E-state index in [1.165, 1.54) is 6.07 Å². The van der Waals surface area contributed by atoms with Crippen molar-refractivity contribution in [3.8, 4) is 0 Å². The highest BCUT2D eigenvalue weighted by Gasteiger charge is 2.30. The summed E-state index contributed by atoms with van der Waals surface area (Å²) in [6, 6.07) is 10.5. The molecule has 0 atom stereocenters. The van der Waals surface area contributed by atoms with Crippen LogP contribution < -0.4 is 15.5 Å². The molecule has 2 N–H and O–H groups in total. The lowest BCUT2D eigenvalue weighted by Crippen LogP contribution is -2.36. The third kappa shape index (κ3) is 4.82. The van der Waals surface area contributed by atoms with Gasteiger partial charge >= 0.3 is 6.18 Å². The predicted octanol–water partition coefficient (Wildman–Crippen LogP) is 4.47. The number of nitrogens with one attached hydrogen (secondary N) is 2. The van der Waals surface area contributed by atoms with Gasteiger partial charge in [0.15, 0.2) is 0 Å². The second kappa shape index (κ2) is 8.58. The summed E-state index contributed by atoms with van der Waals surface area (Å²) in [4.78, 5) is 15.3. The van der Waals surface area contributed by atoms with Crippen LogP contribution in [-0.2, 0) is 10.9 Å². The molecule has 5 rings (SSSR count). The van der Waals surface area contributed by atoms with E-state index in [9.17, 15) is 13.2 Å². The number of benzene rings is 1. The number of alkyl halides is 3. The molecule has 0 aliphatic carbocycles. The average Bonchev–Trinajstić information content (AvgIpc) is 3.27. The summed E-state index contributed by atoms with van der Waals surface area (Å²) >= 11 is 0. The fraction of sp³-hybridized carbons (Fsp3) is 0.227. The normalized spacial score (nSPS) is 14.5. The van der Waals surface area contributed by atoms with E-state index in [1.807, 2.05) is 33.8 Å². The number of imidazole rings is 1. The van der Waals surface area contributed by atoms with E-state index < -0.39 is 11.7 Å². The quantitative estimate of drug-likeness (QED) is 0.460. The SMILES string of the molecule is FC(F)(F)c1cccc(Nc2nc(Nc3ccn4ccnc4c3)cc(N3CCOCC3)n2)c1. The first-order valence-electron chi connectivity index (χ1n) is 10.3. The second-order valence-electron chi connectivity index (χ2n) is 7.47. The molecule has 4 heterocycles. The van der Waals surface area contributed by atoms with E-state index in [4.69, 9.17) is 4.74 Å². The Morgan fingerprint density at radius 3 is 2.55 bits per heavy atom. The number of nitrogens with zero attached hydrogens (tertiary/aromatic N) is 5. The highest BCUT2D eigenvalue weighted by Crippen LogP contribution is 2.31. The van der Waals surface area contributed by atoms with E-state index in [0.29, 0.717) is 37.9 Å². The van der Waals surface area contributed by atoms with Crippen LogP contribution in [0.15, 0.2) is 61.1 Å². The van der Waals surface area contributed by atoms with Gasteiger partial charge in [0.25, 0.3) is 0 Å². The third-order valence-electron chi connectivity index (χ3n) is 5.16. The van der Waals surface area contributed by atoms with Crippen molar-refractivity contribution in [1.82, 2.24) is 19.4 Å². The highest BCUT2D eigenvalue weighted by atomic mass is 19.4. The summed E-state index contributed by atoms with van der Waals surface area (Å²) in [7, 11) is 0. The maximum Gasteiger partial charge on any atom is 0.416 e. The van der Waals surface area contributed by atoms with Gasteiger partial charge in [0.05, 0.1) is 18.8 Å². The molecule has 170 valence electrons. The Kier molecular flexibility index (Phi) is 5.47. The fourth-order valence-corrected chi connectivity index (χ4v) is 3.55. The second-order valence-corrected chi connectivity index (χ2v) is 7.47. The predicted molar refractivity (Wildman–Crippen MR) is 118 cm³/mol. The Morgan fingerprint density at radius 2 is 1.73 bits per heavy atom.